The van der Waals surface area contributed by atoms with E-state index in [0.717, 1.165) is 7.11 Å². The lowest BCUT2D eigenvalue weighted by molar-refractivity contribution is -0.386. The maximum atomic E-state index is 11.9. The predicted molar refractivity (Wildman–Crippen MR) is 83.2 cm³/mol. The third kappa shape index (κ3) is 5.20. The number of aliphatic hydroxyl groups is 1. The first kappa shape index (κ1) is 19.4. The highest BCUT2D eigenvalue weighted by atomic mass is 16.6. The number of hydrogen-bond acceptors (Lipinski definition) is 7. The normalized spacial score (nSPS) is 13.5. The van der Waals surface area contributed by atoms with Crippen molar-refractivity contribution in [1.82, 2.24) is 5.32 Å². The summed E-state index contributed by atoms with van der Waals surface area (Å²) in [6, 6.07) is 3.79. The standard InChI is InChI=1S/C15H20N2O7/c1-15(2,3)24-14(20)16-11(13(19)23-4)12(18)9-7-5-6-8-10(9)17(21)22/h5-8,11-12,18H,1-4H3,(H,16,20)/t11-,12+/m0/s1. The predicted octanol–water partition coefficient (Wildman–Crippen LogP) is 1.69. The van der Waals surface area contributed by atoms with Crippen molar-refractivity contribution in [1.29, 1.82) is 0 Å². The molecule has 0 bridgehead atoms. The van der Waals surface area contributed by atoms with Crippen LogP contribution in [0.2, 0.25) is 0 Å². The number of amides is 1. The van der Waals surface area contributed by atoms with Crippen molar-refractivity contribution in [2.75, 3.05) is 7.11 Å². The molecule has 0 unspecified atom stereocenters. The maximum absolute atomic E-state index is 11.9. The summed E-state index contributed by atoms with van der Waals surface area (Å²) in [5.74, 6) is -0.966. The highest BCUT2D eigenvalue weighted by molar-refractivity contribution is 5.82. The highest BCUT2D eigenvalue weighted by Crippen LogP contribution is 2.27. The number of para-hydroxylation sites is 1. The van der Waals surface area contributed by atoms with Crippen LogP contribution in [0.25, 0.3) is 0 Å². The Labute approximate surface area is 138 Å². The molecular formula is C15H20N2O7. The Balaban J connectivity index is 3.11. The van der Waals surface area contributed by atoms with Crippen LogP contribution in [0.15, 0.2) is 24.3 Å². The number of nitrogens with zero attached hydrogens (tertiary/aromatic N) is 1. The molecule has 2 atom stereocenters. The van der Waals surface area contributed by atoms with Crippen LogP contribution >= 0.6 is 0 Å². The zero-order valence-electron chi connectivity index (χ0n) is 13.8. The van der Waals surface area contributed by atoms with Crippen LogP contribution in [0.3, 0.4) is 0 Å². The van der Waals surface area contributed by atoms with Crippen molar-refractivity contribution >= 4 is 17.7 Å². The van der Waals surface area contributed by atoms with Gasteiger partial charge in [0.25, 0.3) is 5.69 Å². The topological polar surface area (TPSA) is 128 Å². The molecule has 0 aliphatic heterocycles. The lowest BCUT2D eigenvalue weighted by atomic mass is 10.0. The quantitative estimate of drug-likeness (QED) is 0.474. The third-order valence-corrected chi connectivity index (χ3v) is 2.90. The van der Waals surface area contributed by atoms with Crippen molar-refractivity contribution < 1.29 is 29.1 Å². The summed E-state index contributed by atoms with van der Waals surface area (Å²) in [5, 5.41) is 23.6. The van der Waals surface area contributed by atoms with Gasteiger partial charge in [-0.15, -0.1) is 0 Å². The zero-order valence-corrected chi connectivity index (χ0v) is 13.8. The SMILES string of the molecule is COC(=O)[C@@H](NC(=O)OC(C)(C)C)[C@H](O)c1ccccc1[N+](=O)[O-]. The monoisotopic (exact) mass is 340 g/mol. The average molecular weight is 340 g/mol. The minimum atomic E-state index is -1.69. The molecular weight excluding hydrogens is 320 g/mol. The fourth-order valence-corrected chi connectivity index (χ4v) is 1.91. The van der Waals surface area contributed by atoms with E-state index in [0.29, 0.717) is 0 Å². The molecule has 0 radical (unpaired) electrons. The number of methoxy groups -OCH3 is 1. The summed E-state index contributed by atoms with van der Waals surface area (Å²) in [7, 11) is 1.07. The second-order valence-electron chi connectivity index (χ2n) is 5.91. The van der Waals surface area contributed by atoms with Gasteiger partial charge in [-0.05, 0) is 26.8 Å². The van der Waals surface area contributed by atoms with E-state index < -0.39 is 34.7 Å². The summed E-state index contributed by atoms with van der Waals surface area (Å²) in [4.78, 5) is 34.1. The molecule has 132 valence electrons. The highest BCUT2D eigenvalue weighted by Gasteiger charge is 2.35. The molecule has 0 aliphatic carbocycles. The van der Waals surface area contributed by atoms with Crippen molar-refractivity contribution in [2.45, 2.75) is 38.5 Å². The molecule has 9 heteroatoms. The number of carbonyl (C=O) groups is 2. The molecule has 0 heterocycles. The van der Waals surface area contributed by atoms with E-state index in [1.165, 1.54) is 24.3 Å². The van der Waals surface area contributed by atoms with Crippen molar-refractivity contribution in [3.05, 3.63) is 39.9 Å². The van der Waals surface area contributed by atoms with Gasteiger partial charge in [0.2, 0.25) is 0 Å². The lowest BCUT2D eigenvalue weighted by Crippen LogP contribution is -2.47. The molecule has 9 nitrogen and oxygen atoms in total. The lowest BCUT2D eigenvalue weighted by Gasteiger charge is -2.25. The zero-order chi connectivity index (χ0) is 18.5. The van der Waals surface area contributed by atoms with Gasteiger partial charge in [0, 0.05) is 6.07 Å². The molecule has 24 heavy (non-hydrogen) atoms. The van der Waals surface area contributed by atoms with Gasteiger partial charge in [-0.25, -0.2) is 9.59 Å². The first-order valence-electron chi connectivity index (χ1n) is 7.05. The van der Waals surface area contributed by atoms with Crippen LogP contribution in [-0.2, 0) is 14.3 Å². The number of ether oxygens (including phenoxy) is 2. The number of aliphatic hydroxyl groups excluding tert-OH is 1. The molecule has 0 aliphatic rings. The number of esters is 1. The van der Waals surface area contributed by atoms with Crippen molar-refractivity contribution in [3.8, 4) is 0 Å². The van der Waals surface area contributed by atoms with Gasteiger partial charge < -0.3 is 19.9 Å². The number of nitro benzene ring substituents is 1. The molecule has 0 saturated carbocycles. The van der Waals surface area contributed by atoms with Gasteiger partial charge in [0.1, 0.15) is 11.7 Å². The van der Waals surface area contributed by atoms with E-state index >= 15 is 0 Å². The Morgan fingerprint density at radius 3 is 2.38 bits per heavy atom. The number of rotatable bonds is 5. The van der Waals surface area contributed by atoms with Crippen molar-refractivity contribution in [2.24, 2.45) is 0 Å². The molecule has 0 saturated heterocycles. The minimum absolute atomic E-state index is 0.131. The molecule has 1 amide bonds. The summed E-state index contributed by atoms with van der Waals surface area (Å²) in [5.41, 5.74) is -1.34. The molecule has 0 spiro atoms. The third-order valence-electron chi connectivity index (χ3n) is 2.90. The summed E-state index contributed by atoms with van der Waals surface area (Å²) in [6.07, 6.45) is -2.65. The van der Waals surface area contributed by atoms with Crippen LogP contribution in [0.5, 0.6) is 0 Å². The second kappa shape index (κ2) is 7.73. The Morgan fingerprint density at radius 1 is 1.29 bits per heavy atom. The van der Waals surface area contributed by atoms with E-state index in [1.807, 2.05) is 0 Å². The first-order chi connectivity index (χ1) is 11.1. The maximum Gasteiger partial charge on any atom is 0.408 e. The Morgan fingerprint density at radius 2 is 1.88 bits per heavy atom. The molecule has 1 aromatic rings. The fraction of sp³-hybridized carbons (Fsp3) is 0.467. The smallest absolute Gasteiger partial charge is 0.408 e. The van der Waals surface area contributed by atoms with Gasteiger partial charge in [-0.3, -0.25) is 10.1 Å². The number of alkyl carbamates (subject to hydrolysis) is 1. The van der Waals surface area contributed by atoms with Crippen LogP contribution in [-0.4, -0.2) is 40.8 Å². The van der Waals surface area contributed by atoms with Gasteiger partial charge in [0.05, 0.1) is 17.6 Å². The Hall–Kier alpha value is -2.68. The minimum Gasteiger partial charge on any atom is -0.467 e. The van der Waals surface area contributed by atoms with Gasteiger partial charge in [0.15, 0.2) is 6.04 Å². The fourth-order valence-electron chi connectivity index (χ4n) is 1.91. The van der Waals surface area contributed by atoms with E-state index in [9.17, 15) is 24.8 Å². The van der Waals surface area contributed by atoms with E-state index in [1.54, 1.807) is 20.8 Å². The number of benzene rings is 1. The second-order valence-corrected chi connectivity index (χ2v) is 5.91. The number of carbonyl (C=O) groups excluding carboxylic acids is 2. The molecule has 1 aromatic carbocycles. The van der Waals surface area contributed by atoms with Crippen molar-refractivity contribution in [3.63, 3.8) is 0 Å². The van der Waals surface area contributed by atoms with Crippen LogP contribution in [0, 0.1) is 10.1 Å². The number of nitrogens with one attached hydrogen (secondary N) is 1. The summed E-state index contributed by atoms with van der Waals surface area (Å²) < 4.78 is 9.57. The number of hydrogen-bond donors (Lipinski definition) is 2. The summed E-state index contributed by atoms with van der Waals surface area (Å²) >= 11 is 0. The molecule has 0 aromatic heterocycles. The molecule has 1 rings (SSSR count). The molecule has 0 fully saturated rings. The van der Waals surface area contributed by atoms with Crippen LogP contribution < -0.4 is 5.32 Å². The van der Waals surface area contributed by atoms with Crippen LogP contribution in [0.1, 0.15) is 32.4 Å². The van der Waals surface area contributed by atoms with E-state index in [4.69, 9.17) is 4.74 Å². The van der Waals surface area contributed by atoms with Gasteiger partial charge >= 0.3 is 12.1 Å². The summed E-state index contributed by atoms with van der Waals surface area (Å²) in [6.45, 7) is 4.87. The Kier molecular flexibility index (Phi) is 6.24. The van der Waals surface area contributed by atoms with Gasteiger partial charge in [-0.2, -0.15) is 0 Å². The average Bonchev–Trinajstić information content (AvgIpc) is 2.49. The number of nitro groups is 1. The largest absolute Gasteiger partial charge is 0.467 e. The Bertz CT molecular complexity index is 624. The van der Waals surface area contributed by atoms with Gasteiger partial charge in [-0.1, -0.05) is 12.1 Å². The van der Waals surface area contributed by atoms with E-state index in [2.05, 4.69) is 10.1 Å². The van der Waals surface area contributed by atoms with Crippen LogP contribution in [0.4, 0.5) is 10.5 Å². The molecule has 2 N–H and O–H groups in total. The first-order valence-corrected chi connectivity index (χ1v) is 7.05. The van der Waals surface area contributed by atoms with E-state index in [-0.39, 0.29) is 11.3 Å².